The maximum absolute atomic E-state index is 11.6. The van der Waals surface area contributed by atoms with E-state index in [0.717, 1.165) is 44.7 Å². The maximum Gasteiger partial charge on any atom is 0.227 e. The second-order valence-corrected chi connectivity index (χ2v) is 4.83. The topological polar surface area (TPSA) is 64.4 Å². The lowest BCUT2D eigenvalue weighted by Gasteiger charge is -2.07. The van der Waals surface area contributed by atoms with Gasteiger partial charge in [-0.05, 0) is 32.1 Å². The van der Waals surface area contributed by atoms with Gasteiger partial charge in [0.2, 0.25) is 5.91 Å². The lowest BCUT2D eigenvalue weighted by molar-refractivity contribution is -0.120. The van der Waals surface area contributed by atoms with Crippen molar-refractivity contribution in [2.75, 3.05) is 19.8 Å². The van der Waals surface area contributed by atoms with Crippen molar-refractivity contribution in [2.24, 2.45) is 5.92 Å². The normalized spacial score (nSPS) is 19.1. The van der Waals surface area contributed by atoms with E-state index in [9.17, 15) is 4.79 Å². The van der Waals surface area contributed by atoms with Crippen LogP contribution in [0.3, 0.4) is 0 Å². The van der Waals surface area contributed by atoms with Crippen LogP contribution >= 0.6 is 0 Å². The summed E-state index contributed by atoms with van der Waals surface area (Å²) >= 11 is 0. The number of aromatic nitrogens is 1. The Balaban J connectivity index is 1.57. The summed E-state index contributed by atoms with van der Waals surface area (Å²) in [6.07, 6.45) is 3.57. The van der Waals surface area contributed by atoms with Gasteiger partial charge in [-0.1, -0.05) is 5.16 Å². The van der Waals surface area contributed by atoms with Crippen molar-refractivity contribution < 1.29 is 14.1 Å². The molecule has 0 spiro atoms. The fraction of sp³-hybridized carbons (Fsp3) is 0.692. The molecule has 5 heteroatoms. The van der Waals surface area contributed by atoms with Crippen LogP contribution in [0, 0.1) is 12.8 Å². The zero-order chi connectivity index (χ0) is 12.8. The van der Waals surface area contributed by atoms with Gasteiger partial charge in [0.15, 0.2) is 0 Å². The maximum atomic E-state index is 11.6. The van der Waals surface area contributed by atoms with Crippen molar-refractivity contribution in [3.8, 4) is 0 Å². The molecule has 1 amide bonds. The van der Waals surface area contributed by atoms with Gasteiger partial charge >= 0.3 is 0 Å². The fourth-order valence-electron chi connectivity index (χ4n) is 2.15. The first-order valence-corrected chi connectivity index (χ1v) is 6.50. The van der Waals surface area contributed by atoms with E-state index in [1.54, 1.807) is 6.07 Å². The molecule has 1 saturated heterocycles. The fourth-order valence-corrected chi connectivity index (χ4v) is 2.15. The van der Waals surface area contributed by atoms with Crippen LogP contribution in [0.25, 0.3) is 0 Å². The molecule has 1 aliphatic rings. The summed E-state index contributed by atoms with van der Waals surface area (Å²) in [5.41, 5.74) is 0.805. The number of nitrogens with zero attached hydrogens (tertiary/aromatic N) is 1. The molecule has 1 fully saturated rings. The number of ether oxygens (including phenoxy) is 1. The van der Waals surface area contributed by atoms with Crippen molar-refractivity contribution in [2.45, 2.75) is 32.6 Å². The molecule has 1 aliphatic heterocycles. The van der Waals surface area contributed by atoms with Crippen LogP contribution in [0.4, 0.5) is 0 Å². The molecule has 1 aromatic heterocycles. The van der Waals surface area contributed by atoms with Crippen LogP contribution in [0.2, 0.25) is 0 Å². The van der Waals surface area contributed by atoms with E-state index in [2.05, 4.69) is 10.5 Å². The molecule has 0 aromatic carbocycles. The van der Waals surface area contributed by atoms with E-state index in [-0.39, 0.29) is 12.3 Å². The molecule has 1 N–H and O–H groups in total. The lowest BCUT2D eigenvalue weighted by atomic mass is 10.0. The minimum absolute atomic E-state index is 0.00572. The quantitative estimate of drug-likeness (QED) is 0.778. The Kier molecular flexibility index (Phi) is 4.75. The van der Waals surface area contributed by atoms with E-state index < -0.39 is 0 Å². The average Bonchev–Trinajstić information content (AvgIpc) is 2.96. The highest BCUT2D eigenvalue weighted by atomic mass is 16.5. The van der Waals surface area contributed by atoms with Crippen LogP contribution in [0.15, 0.2) is 10.6 Å². The van der Waals surface area contributed by atoms with E-state index in [0.29, 0.717) is 11.7 Å². The third-order valence-corrected chi connectivity index (χ3v) is 3.15. The van der Waals surface area contributed by atoms with Crippen molar-refractivity contribution >= 4 is 5.91 Å². The Hall–Kier alpha value is -1.36. The number of rotatable bonds is 6. The van der Waals surface area contributed by atoms with Crippen LogP contribution in [-0.4, -0.2) is 30.8 Å². The Morgan fingerprint density at radius 1 is 1.61 bits per heavy atom. The second-order valence-electron chi connectivity index (χ2n) is 4.83. The molecule has 0 bridgehead atoms. The molecule has 18 heavy (non-hydrogen) atoms. The summed E-state index contributed by atoms with van der Waals surface area (Å²) in [5.74, 6) is 1.29. The average molecular weight is 252 g/mol. The highest BCUT2D eigenvalue weighted by molar-refractivity contribution is 5.77. The number of hydrogen-bond donors (Lipinski definition) is 1. The largest absolute Gasteiger partial charge is 0.381 e. The van der Waals surface area contributed by atoms with Gasteiger partial charge in [0.1, 0.15) is 5.76 Å². The van der Waals surface area contributed by atoms with Crippen LogP contribution in [0.1, 0.15) is 30.7 Å². The third-order valence-electron chi connectivity index (χ3n) is 3.15. The van der Waals surface area contributed by atoms with Crippen molar-refractivity contribution in [3.05, 3.63) is 17.5 Å². The summed E-state index contributed by atoms with van der Waals surface area (Å²) in [6.45, 7) is 4.34. The smallest absolute Gasteiger partial charge is 0.227 e. The summed E-state index contributed by atoms with van der Waals surface area (Å²) in [6, 6.07) is 1.79. The monoisotopic (exact) mass is 252 g/mol. The highest BCUT2D eigenvalue weighted by Crippen LogP contribution is 2.17. The molecular weight excluding hydrogens is 232 g/mol. The number of hydrogen-bond acceptors (Lipinski definition) is 4. The van der Waals surface area contributed by atoms with Gasteiger partial charge in [-0.15, -0.1) is 0 Å². The molecule has 1 aromatic rings. The van der Waals surface area contributed by atoms with Crippen LogP contribution in [0.5, 0.6) is 0 Å². The standard InChI is InChI=1S/C13H20N2O3/c1-10-7-12(18-15-10)8-13(16)14-5-2-3-11-4-6-17-9-11/h7,11H,2-6,8-9H2,1H3,(H,14,16)/t11-/m0/s1. The predicted octanol–water partition coefficient (Wildman–Crippen LogP) is 1.46. The predicted molar refractivity (Wildman–Crippen MR) is 66.1 cm³/mol. The number of amides is 1. The molecule has 0 unspecified atom stereocenters. The number of aryl methyl sites for hydroxylation is 1. The summed E-state index contributed by atoms with van der Waals surface area (Å²) in [5, 5.41) is 6.65. The summed E-state index contributed by atoms with van der Waals surface area (Å²) in [4.78, 5) is 11.6. The molecular formula is C13H20N2O3. The van der Waals surface area contributed by atoms with E-state index >= 15 is 0 Å². The Labute approximate surface area is 107 Å². The van der Waals surface area contributed by atoms with Gasteiger partial charge in [-0.25, -0.2) is 0 Å². The Morgan fingerprint density at radius 3 is 3.17 bits per heavy atom. The Morgan fingerprint density at radius 2 is 2.50 bits per heavy atom. The molecule has 2 heterocycles. The Bertz CT molecular complexity index is 383. The van der Waals surface area contributed by atoms with E-state index in [1.165, 1.54) is 0 Å². The third kappa shape index (κ3) is 4.14. The molecule has 0 aliphatic carbocycles. The summed E-state index contributed by atoms with van der Waals surface area (Å²) in [7, 11) is 0. The minimum Gasteiger partial charge on any atom is -0.381 e. The summed E-state index contributed by atoms with van der Waals surface area (Å²) < 4.78 is 10.3. The van der Waals surface area contributed by atoms with Gasteiger partial charge in [0.05, 0.1) is 12.1 Å². The first-order chi connectivity index (χ1) is 8.74. The van der Waals surface area contributed by atoms with Gasteiger partial charge in [-0.2, -0.15) is 0 Å². The second kappa shape index (κ2) is 6.54. The first kappa shape index (κ1) is 13.1. The van der Waals surface area contributed by atoms with Crippen LogP contribution in [-0.2, 0) is 16.0 Å². The molecule has 2 rings (SSSR count). The van der Waals surface area contributed by atoms with Gasteiger partial charge in [-0.3, -0.25) is 4.79 Å². The van der Waals surface area contributed by atoms with Gasteiger partial charge < -0.3 is 14.6 Å². The highest BCUT2D eigenvalue weighted by Gasteiger charge is 2.15. The van der Waals surface area contributed by atoms with Gasteiger partial charge in [0, 0.05) is 25.8 Å². The molecule has 0 saturated carbocycles. The zero-order valence-electron chi connectivity index (χ0n) is 10.8. The van der Waals surface area contributed by atoms with Crippen LogP contribution < -0.4 is 5.32 Å². The molecule has 1 atom stereocenters. The van der Waals surface area contributed by atoms with Crippen molar-refractivity contribution in [1.29, 1.82) is 0 Å². The van der Waals surface area contributed by atoms with Crippen molar-refractivity contribution in [3.63, 3.8) is 0 Å². The zero-order valence-corrected chi connectivity index (χ0v) is 10.8. The molecule has 5 nitrogen and oxygen atoms in total. The number of carbonyl (C=O) groups is 1. The molecule has 100 valence electrons. The lowest BCUT2D eigenvalue weighted by Crippen LogP contribution is -2.26. The minimum atomic E-state index is -0.00572. The van der Waals surface area contributed by atoms with Gasteiger partial charge in [0.25, 0.3) is 0 Å². The van der Waals surface area contributed by atoms with Crippen molar-refractivity contribution in [1.82, 2.24) is 10.5 Å². The van der Waals surface area contributed by atoms with E-state index in [1.807, 2.05) is 6.92 Å². The van der Waals surface area contributed by atoms with E-state index in [4.69, 9.17) is 9.26 Å². The SMILES string of the molecule is Cc1cc(CC(=O)NCCC[C@H]2CCOC2)on1. The first-order valence-electron chi connectivity index (χ1n) is 6.50. The number of nitrogens with one attached hydrogen (secondary N) is 1. The number of carbonyl (C=O) groups excluding carboxylic acids is 1. The molecule has 0 radical (unpaired) electrons.